The van der Waals surface area contributed by atoms with E-state index in [1.54, 1.807) is 0 Å². The van der Waals surface area contributed by atoms with Gasteiger partial charge >= 0.3 is 7.12 Å². The van der Waals surface area contributed by atoms with Crippen LogP contribution in [-0.4, -0.2) is 35.8 Å². The minimum absolute atomic E-state index is 0.153. The topological polar surface area (TPSA) is 21.7 Å². The lowest BCUT2D eigenvalue weighted by atomic mass is 9.78. The highest BCUT2D eigenvalue weighted by molar-refractivity contribution is 6.62. The van der Waals surface area contributed by atoms with Crippen LogP contribution in [0.25, 0.3) is 0 Å². The average molecular weight is 303 g/mol. The zero-order valence-corrected chi connectivity index (χ0v) is 15.4. The Morgan fingerprint density at radius 2 is 1.59 bits per heavy atom. The van der Waals surface area contributed by atoms with E-state index in [1.807, 2.05) is 0 Å². The van der Waals surface area contributed by atoms with Crippen LogP contribution in [0.2, 0.25) is 0 Å². The largest absolute Gasteiger partial charge is 0.494 e. The molecule has 0 spiro atoms. The van der Waals surface area contributed by atoms with Gasteiger partial charge in [-0.3, -0.25) is 4.90 Å². The van der Waals surface area contributed by atoms with Crippen molar-refractivity contribution in [2.24, 2.45) is 0 Å². The maximum atomic E-state index is 6.14. The fourth-order valence-corrected chi connectivity index (χ4v) is 2.33. The number of nitrogens with zero attached hydrogens (tertiary/aromatic N) is 1. The Morgan fingerprint density at radius 3 is 2.09 bits per heavy atom. The molecule has 0 unspecified atom stereocenters. The van der Waals surface area contributed by atoms with Gasteiger partial charge in [0.1, 0.15) is 0 Å². The van der Waals surface area contributed by atoms with Crippen molar-refractivity contribution in [1.29, 1.82) is 0 Å². The van der Waals surface area contributed by atoms with Crippen LogP contribution < -0.4 is 5.46 Å². The number of rotatable bonds is 3. The second-order valence-corrected chi connectivity index (χ2v) is 8.36. The molecule has 0 radical (unpaired) electrons. The minimum Gasteiger partial charge on any atom is -0.399 e. The van der Waals surface area contributed by atoms with Crippen molar-refractivity contribution in [3.05, 3.63) is 29.8 Å². The lowest BCUT2D eigenvalue weighted by Crippen LogP contribution is -2.41. The molecular weight excluding hydrogens is 273 g/mol. The molecule has 1 aromatic carbocycles. The first kappa shape index (κ1) is 17.5. The third-order valence-electron chi connectivity index (χ3n) is 5.04. The van der Waals surface area contributed by atoms with Gasteiger partial charge in [0.2, 0.25) is 0 Å². The van der Waals surface area contributed by atoms with Crippen molar-refractivity contribution >= 4 is 12.6 Å². The highest BCUT2D eigenvalue weighted by Gasteiger charge is 2.51. The first-order chi connectivity index (χ1) is 9.92. The van der Waals surface area contributed by atoms with Crippen molar-refractivity contribution in [3.63, 3.8) is 0 Å². The number of hydrogen-bond donors (Lipinski definition) is 0. The Morgan fingerprint density at radius 1 is 1.05 bits per heavy atom. The Labute approximate surface area is 136 Å². The van der Waals surface area contributed by atoms with E-state index in [9.17, 15) is 0 Å². The Hall–Kier alpha value is -0.835. The summed E-state index contributed by atoms with van der Waals surface area (Å²) in [7, 11) is 1.87. The zero-order valence-electron chi connectivity index (χ0n) is 15.4. The molecule has 0 N–H and O–H groups in total. The molecule has 1 fully saturated rings. The molecule has 0 bridgehead atoms. The smallest absolute Gasteiger partial charge is 0.399 e. The van der Waals surface area contributed by atoms with Gasteiger partial charge in [0, 0.05) is 12.1 Å². The van der Waals surface area contributed by atoms with E-state index in [0.717, 1.165) is 12.0 Å². The summed E-state index contributed by atoms with van der Waals surface area (Å²) >= 11 is 0. The summed E-state index contributed by atoms with van der Waals surface area (Å²) in [6.45, 7) is 15.9. The molecular formula is C18H30BNO2. The molecule has 2 rings (SSSR count). The molecule has 3 nitrogen and oxygen atoms in total. The van der Waals surface area contributed by atoms with Crippen LogP contribution in [0.3, 0.4) is 0 Å². The van der Waals surface area contributed by atoms with Crippen molar-refractivity contribution in [2.75, 3.05) is 7.05 Å². The molecule has 1 heterocycles. The summed E-state index contributed by atoms with van der Waals surface area (Å²) in [4.78, 5) is 2.34. The fraction of sp³-hybridized carbons (Fsp3) is 0.667. The molecule has 1 aliphatic rings. The van der Waals surface area contributed by atoms with E-state index >= 15 is 0 Å². The number of hydrogen-bond acceptors (Lipinski definition) is 3. The zero-order chi connectivity index (χ0) is 16.8. The van der Waals surface area contributed by atoms with Gasteiger partial charge in [-0.25, -0.2) is 0 Å². The lowest BCUT2D eigenvalue weighted by molar-refractivity contribution is 0.00578. The summed E-state index contributed by atoms with van der Waals surface area (Å²) in [5.41, 5.74) is 1.94. The normalized spacial score (nSPS) is 20.7. The summed E-state index contributed by atoms with van der Waals surface area (Å²) in [5.74, 6) is 0. The van der Waals surface area contributed by atoms with Crippen molar-refractivity contribution in [1.82, 2.24) is 4.90 Å². The van der Waals surface area contributed by atoms with Gasteiger partial charge in [0.05, 0.1) is 11.2 Å². The first-order valence-corrected chi connectivity index (χ1v) is 8.08. The molecule has 1 aromatic rings. The quantitative estimate of drug-likeness (QED) is 0.800. The van der Waals surface area contributed by atoms with E-state index in [2.05, 4.69) is 84.7 Å². The molecule has 122 valence electrons. The van der Waals surface area contributed by atoms with Gasteiger partial charge in [-0.2, -0.15) is 0 Å². The molecule has 1 aliphatic heterocycles. The van der Waals surface area contributed by atoms with E-state index < -0.39 is 0 Å². The number of benzene rings is 1. The van der Waals surface area contributed by atoms with E-state index in [4.69, 9.17) is 9.31 Å². The van der Waals surface area contributed by atoms with Crippen LogP contribution in [0, 0.1) is 0 Å². The van der Waals surface area contributed by atoms with E-state index in [-0.39, 0.29) is 23.9 Å². The van der Waals surface area contributed by atoms with E-state index in [1.165, 1.54) is 5.56 Å². The molecule has 0 aliphatic carbocycles. The fourth-order valence-electron chi connectivity index (χ4n) is 2.33. The predicted molar refractivity (Wildman–Crippen MR) is 93.4 cm³/mol. The highest BCUT2D eigenvalue weighted by Crippen LogP contribution is 2.36. The first-order valence-electron chi connectivity index (χ1n) is 8.08. The standard InChI is InChI=1S/C18H30BNO2/c1-16(2,3)20(8)13-14-10-9-11-15(12-14)19-21-17(4,5)18(6,7)22-19/h9-12H,13H2,1-8H3. The maximum Gasteiger partial charge on any atom is 0.494 e. The molecule has 22 heavy (non-hydrogen) atoms. The van der Waals surface area contributed by atoms with E-state index in [0.29, 0.717) is 0 Å². The molecule has 0 atom stereocenters. The average Bonchev–Trinajstić information content (AvgIpc) is 2.57. The summed E-state index contributed by atoms with van der Waals surface area (Å²) in [6, 6.07) is 8.54. The van der Waals surface area contributed by atoms with Crippen LogP contribution in [0.1, 0.15) is 54.0 Å². The third-order valence-corrected chi connectivity index (χ3v) is 5.04. The highest BCUT2D eigenvalue weighted by atomic mass is 16.7. The van der Waals surface area contributed by atoms with Gasteiger partial charge < -0.3 is 9.31 Å². The Balaban J connectivity index is 2.17. The summed E-state index contributed by atoms with van der Waals surface area (Å²) in [5, 5.41) is 0. The monoisotopic (exact) mass is 303 g/mol. The van der Waals surface area contributed by atoms with Crippen molar-refractivity contribution in [3.8, 4) is 0 Å². The summed E-state index contributed by atoms with van der Waals surface area (Å²) < 4.78 is 12.3. The Kier molecular flexibility index (Phi) is 4.51. The second-order valence-electron chi connectivity index (χ2n) is 8.36. The van der Waals surface area contributed by atoms with Crippen LogP contribution in [0.4, 0.5) is 0 Å². The molecule has 0 aromatic heterocycles. The molecule has 0 saturated carbocycles. The summed E-state index contributed by atoms with van der Waals surface area (Å²) in [6.07, 6.45) is 0. The van der Waals surface area contributed by atoms with Crippen LogP contribution >= 0.6 is 0 Å². The van der Waals surface area contributed by atoms with Crippen LogP contribution in [0.15, 0.2) is 24.3 Å². The van der Waals surface area contributed by atoms with Gasteiger partial charge in [-0.1, -0.05) is 24.3 Å². The van der Waals surface area contributed by atoms with Gasteiger partial charge in [0.15, 0.2) is 0 Å². The van der Waals surface area contributed by atoms with Crippen molar-refractivity contribution < 1.29 is 9.31 Å². The molecule has 4 heteroatoms. The van der Waals surface area contributed by atoms with Gasteiger partial charge in [0.25, 0.3) is 0 Å². The molecule has 0 amide bonds. The van der Waals surface area contributed by atoms with Crippen LogP contribution in [-0.2, 0) is 15.9 Å². The van der Waals surface area contributed by atoms with Crippen LogP contribution in [0.5, 0.6) is 0 Å². The van der Waals surface area contributed by atoms with Gasteiger partial charge in [-0.15, -0.1) is 0 Å². The SMILES string of the molecule is CN(Cc1cccc(B2OC(C)(C)C(C)(C)O2)c1)C(C)(C)C. The van der Waals surface area contributed by atoms with Crippen molar-refractivity contribution in [2.45, 2.75) is 71.8 Å². The lowest BCUT2D eigenvalue weighted by Gasteiger charge is -2.32. The molecule has 1 saturated heterocycles. The maximum absolute atomic E-state index is 6.14. The third kappa shape index (κ3) is 3.56. The Bertz CT molecular complexity index is 518. The predicted octanol–water partition coefficient (Wildman–Crippen LogP) is 3.22. The second kappa shape index (κ2) is 5.66. The minimum atomic E-state index is -0.296. The van der Waals surface area contributed by atoms with Gasteiger partial charge in [-0.05, 0) is 66.5 Å².